The number of halogens is 1. The lowest BCUT2D eigenvalue weighted by Crippen LogP contribution is -1.89. The smallest absolute Gasteiger partial charge is 0.250 e. The van der Waals surface area contributed by atoms with Crippen LogP contribution in [0.3, 0.4) is 0 Å². The number of nitrogens with zero attached hydrogens (tertiary/aromatic N) is 3. The molecule has 0 spiro atoms. The highest BCUT2D eigenvalue weighted by atomic mass is 19.1. The summed E-state index contributed by atoms with van der Waals surface area (Å²) in [4.78, 5) is 4.57. The highest BCUT2D eigenvalue weighted by Crippen LogP contribution is 2.28. The molecular weight excluding hydrogens is 293 g/mol. The van der Waals surface area contributed by atoms with E-state index in [2.05, 4.69) is 15.2 Å². The lowest BCUT2D eigenvalue weighted by molar-refractivity contribution is 0.583. The molecule has 4 nitrogen and oxygen atoms in total. The van der Waals surface area contributed by atoms with Crippen LogP contribution in [0.5, 0.6) is 0 Å². The first kappa shape index (κ1) is 13.6. The van der Waals surface area contributed by atoms with Gasteiger partial charge < -0.3 is 4.42 Å². The number of pyridine rings is 1. The monoisotopic (exact) mass is 305 g/mol. The van der Waals surface area contributed by atoms with Gasteiger partial charge in [0.05, 0.1) is 16.8 Å². The Labute approximate surface area is 131 Å². The Morgan fingerprint density at radius 3 is 2.48 bits per heavy atom. The maximum atomic E-state index is 13.0. The van der Waals surface area contributed by atoms with Crippen molar-refractivity contribution in [3.05, 3.63) is 66.1 Å². The van der Waals surface area contributed by atoms with Gasteiger partial charge in [0.2, 0.25) is 11.8 Å². The molecule has 4 rings (SSSR count). The number of aryl methyl sites for hydroxylation is 1. The van der Waals surface area contributed by atoms with E-state index in [9.17, 15) is 4.39 Å². The molecule has 0 N–H and O–H groups in total. The molecule has 0 amide bonds. The molecule has 5 heteroatoms. The Balaban J connectivity index is 1.79. The standard InChI is InChI=1S/C18H12FN3O/c1-11-15(10-13-4-2-3-5-16(13)20-11)18-22-21-17(23-18)12-6-8-14(19)9-7-12/h2-10H,1H3. The molecule has 112 valence electrons. The largest absolute Gasteiger partial charge is 0.416 e. The molecule has 0 atom stereocenters. The van der Waals surface area contributed by atoms with Gasteiger partial charge in [0.25, 0.3) is 0 Å². The van der Waals surface area contributed by atoms with Crippen LogP contribution in [0.15, 0.2) is 59.0 Å². The molecule has 0 aliphatic rings. The van der Waals surface area contributed by atoms with Crippen molar-refractivity contribution in [2.75, 3.05) is 0 Å². The fraction of sp³-hybridized carbons (Fsp3) is 0.0556. The van der Waals surface area contributed by atoms with E-state index in [1.807, 2.05) is 37.3 Å². The maximum Gasteiger partial charge on any atom is 0.250 e. The first-order valence-corrected chi connectivity index (χ1v) is 7.17. The number of fused-ring (bicyclic) bond motifs is 1. The van der Waals surface area contributed by atoms with E-state index in [1.54, 1.807) is 12.1 Å². The molecule has 0 saturated heterocycles. The first-order valence-electron chi connectivity index (χ1n) is 7.17. The van der Waals surface area contributed by atoms with Gasteiger partial charge in [-0.3, -0.25) is 4.98 Å². The summed E-state index contributed by atoms with van der Waals surface area (Å²) in [5.41, 5.74) is 3.21. The van der Waals surface area contributed by atoms with Crippen molar-refractivity contribution in [1.29, 1.82) is 0 Å². The normalized spacial score (nSPS) is 11.0. The Bertz CT molecular complexity index is 993. The summed E-state index contributed by atoms with van der Waals surface area (Å²) in [7, 11) is 0. The molecular formula is C18H12FN3O. The van der Waals surface area contributed by atoms with E-state index in [1.165, 1.54) is 12.1 Å². The van der Waals surface area contributed by atoms with Gasteiger partial charge in [0.1, 0.15) is 5.82 Å². The van der Waals surface area contributed by atoms with Crippen LogP contribution in [0.25, 0.3) is 33.8 Å². The molecule has 23 heavy (non-hydrogen) atoms. The molecule has 0 aliphatic carbocycles. The van der Waals surface area contributed by atoms with Gasteiger partial charge in [0, 0.05) is 10.9 Å². The minimum absolute atomic E-state index is 0.303. The van der Waals surface area contributed by atoms with E-state index in [4.69, 9.17) is 4.42 Å². The zero-order valence-electron chi connectivity index (χ0n) is 12.3. The first-order chi connectivity index (χ1) is 11.2. The summed E-state index contributed by atoms with van der Waals surface area (Å²) in [6.07, 6.45) is 0. The topological polar surface area (TPSA) is 51.8 Å². The van der Waals surface area contributed by atoms with Crippen LogP contribution < -0.4 is 0 Å². The van der Waals surface area contributed by atoms with Gasteiger partial charge in [-0.05, 0) is 43.3 Å². The van der Waals surface area contributed by atoms with Crippen molar-refractivity contribution >= 4 is 10.9 Å². The lowest BCUT2D eigenvalue weighted by atomic mass is 10.1. The average Bonchev–Trinajstić information content (AvgIpc) is 3.04. The van der Waals surface area contributed by atoms with Gasteiger partial charge in [-0.1, -0.05) is 18.2 Å². The molecule has 0 fully saturated rings. The number of hydrogen-bond acceptors (Lipinski definition) is 4. The molecule has 0 saturated carbocycles. The molecule has 0 unspecified atom stereocenters. The van der Waals surface area contributed by atoms with Crippen LogP contribution in [0, 0.1) is 12.7 Å². The predicted octanol–water partition coefficient (Wildman–Crippen LogP) is 4.40. The van der Waals surface area contributed by atoms with Crippen molar-refractivity contribution in [2.45, 2.75) is 6.92 Å². The van der Waals surface area contributed by atoms with E-state index in [0.717, 1.165) is 22.2 Å². The predicted molar refractivity (Wildman–Crippen MR) is 85.2 cm³/mol. The summed E-state index contributed by atoms with van der Waals surface area (Å²) in [5, 5.41) is 9.16. The highest BCUT2D eigenvalue weighted by molar-refractivity contribution is 5.83. The maximum absolute atomic E-state index is 13.0. The molecule has 4 aromatic rings. The quantitative estimate of drug-likeness (QED) is 0.551. The number of hydrogen-bond donors (Lipinski definition) is 0. The van der Waals surface area contributed by atoms with Gasteiger partial charge in [0.15, 0.2) is 0 Å². The van der Waals surface area contributed by atoms with Gasteiger partial charge >= 0.3 is 0 Å². The Kier molecular flexibility index (Phi) is 3.12. The van der Waals surface area contributed by atoms with Crippen LogP contribution in [-0.2, 0) is 0 Å². The fourth-order valence-corrected chi connectivity index (χ4v) is 2.47. The van der Waals surface area contributed by atoms with Crippen LogP contribution >= 0.6 is 0 Å². The summed E-state index contributed by atoms with van der Waals surface area (Å²) < 4.78 is 18.7. The summed E-state index contributed by atoms with van der Waals surface area (Å²) >= 11 is 0. The summed E-state index contributed by atoms with van der Waals surface area (Å²) in [6.45, 7) is 1.91. The fourth-order valence-electron chi connectivity index (χ4n) is 2.47. The minimum Gasteiger partial charge on any atom is -0.416 e. The number of para-hydroxylation sites is 1. The lowest BCUT2D eigenvalue weighted by Gasteiger charge is -2.03. The van der Waals surface area contributed by atoms with E-state index in [-0.39, 0.29) is 5.82 Å². The second kappa shape index (κ2) is 5.28. The minimum atomic E-state index is -0.303. The average molecular weight is 305 g/mol. The second-order valence-corrected chi connectivity index (χ2v) is 5.23. The van der Waals surface area contributed by atoms with Gasteiger partial charge in [-0.15, -0.1) is 10.2 Å². The van der Waals surface area contributed by atoms with Crippen molar-refractivity contribution in [2.24, 2.45) is 0 Å². The van der Waals surface area contributed by atoms with Gasteiger partial charge in [-0.25, -0.2) is 4.39 Å². The summed E-state index contributed by atoms with van der Waals surface area (Å²) in [5.74, 6) is 0.454. The Hall–Kier alpha value is -3.08. The zero-order valence-corrected chi connectivity index (χ0v) is 12.3. The third-order valence-corrected chi connectivity index (χ3v) is 3.66. The van der Waals surface area contributed by atoms with Crippen LogP contribution in [0.1, 0.15) is 5.69 Å². The van der Waals surface area contributed by atoms with Crippen LogP contribution in [0.4, 0.5) is 4.39 Å². The third kappa shape index (κ3) is 2.46. The molecule has 0 bridgehead atoms. The number of aromatic nitrogens is 3. The van der Waals surface area contributed by atoms with Crippen LogP contribution in [0.2, 0.25) is 0 Å². The van der Waals surface area contributed by atoms with Crippen LogP contribution in [-0.4, -0.2) is 15.2 Å². The SMILES string of the molecule is Cc1nc2ccccc2cc1-c1nnc(-c2ccc(F)cc2)o1. The van der Waals surface area contributed by atoms with E-state index < -0.39 is 0 Å². The van der Waals surface area contributed by atoms with Crippen molar-refractivity contribution in [3.8, 4) is 22.9 Å². The summed E-state index contributed by atoms with van der Waals surface area (Å²) in [6, 6.07) is 15.8. The number of benzene rings is 2. The van der Waals surface area contributed by atoms with E-state index in [0.29, 0.717) is 17.3 Å². The van der Waals surface area contributed by atoms with E-state index >= 15 is 0 Å². The second-order valence-electron chi connectivity index (χ2n) is 5.23. The molecule has 2 aromatic heterocycles. The van der Waals surface area contributed by atoms with Crippen molar-refractivity contribution in [3.63, 3.8) is 0 Å². The van der Waals surface area contributed by atoms with Gasteiger partial charge in [-0.2, -0.15) is 0 Å². The molecule has 0 radical (unpaired) electrons. The molecule has 2 aromatic carbocycles. The third-order valence-electron chi connectivity index (χ3n) is 3.66. The van der Waals surface area contributed by atoms with Crippen molar-refractivity contribution in [1.82, 2.24) is 15.2 Å². The molecule has 2 heterocycles. The number of rotatable bonds is 2. The Morgan fingerprint density at radius 2 is 1.65 bits per heavy atom. The Morgan fingerprint density at radius 1 is 0.913 bits per heavy atom. The van der Waals surface area contributed by atoms with Crippen molar-refractivity contribution < 1.29 is 8.81 Å². The highest BCUT2D eigenvalue weighted by Gasteiger charge is 2.14. The zero-order chi connectivity index (χ0) is 15.8. The molecule has 0 aliphatic heterocycles.